The van der Waals surface area contributed by atoms with Crippen molar-refractivity contribution in [2.45, 2.75) is 0 Å². The van der Waals surface area contributed by atoms with Crippen LogP contribution in [0, 0.1) is 0 Å². The molecule has 10 heavy (non-hydrogen) atoms. The zero-order valence-electron chi connectivity index (χ0n) is 5.37. The summed E-state index contributed by atoms with van der Waals surface area (Å²) in [5.74, 6) is 0. The highest BCUT2D eigenvalue weighted by atomic mass is 35.5. The monoisotopic (exact) mass is 174 g/mol. The van der Waals surface area contributed by atoms with Gasteiger partial charge in [-0.3, -0.25) is 0 Å². The van der Waals surface area contributed by atoms with Crippen molar-refractivity contribution in [3.8, 4) is 0 Å². The predicted molar refractivity (Wildman–Crippen MR) is 47.3 cm³/mol. The molecule has 0 nitrogen and oxygen atoms in total. The molecule has 0 aliphatic rings. The normalized spacial score (nSPS) is 8.60. The molecule has 0 unspecified atom stereocenters. The Morgan fingerprint density at radius 1 is 0.600 bits per heavy atom. The van der Waals surface area contributed by atoms with E-state index in [1.165, 1.54) is 11.1 Å². The van der Waals surface area contributed by atoms with Gasteiger partial charge in [0.25, 0.3) is 0 Å². The lowest BCUT2D eigenvalue weighted by atomic mass is 10.4. The molecule has 0 spiro atoms. The van der Waals surface area contributed by atoms with Gasteiger partial charge in [-0.2, -0.15) is 0 Å². The second-order valence-corrected chi connectivity index (χ2v) is 1.91. The van der Waals surface area contributed by atoms with E-state index in [1.807, 2.05) is 36.4 Å². The molecule has 0 amide bonds. The Balaban J connectivity index is 0.000000180. The first-order valence-electron chi connectivity index (χ1n) is 2.77. The highest BCUT2D eigenvalue weighted by Crippen LogP contribution is 1.80. The third kappa shape index (κ3) is 7.54. The van der Waals surface area contributed by atoms with E-state index in [1.54, 1.807) is 0 Å². The van der Waals surface area contributed by atoms with E-state index in [0.29, 0.717) is 0 Å². The molecule has 0 radical (unpaired) electrons. The highest BCUT2D eigenvalue weighted by Gasteiger charge is 1.57. The third-order valence-corrected chi connectivity index (χ3v) is 1.10. The van der Waals surface area contributed by atoms with Crippen LogP contribution in [-0.2, 0) is 0 Å². The second kappa shape index (κ2) is 8.54. The minimum absolute atomic E-state index is 1.24. The van der Waals surface area contributed by atoms with Crippen LogP contribution in [0.3, 0.4) is 0 Å². The van der Waals surface area contributed by atoms with E-state index in [9.17, 15) is 0 Å². The summed E-state index contributed by atoms with van der Waals surface area (Å²) >= 11 is 9.75. The Hall–Kier alpha value is -0.460. The average Bonchev–Trinajstić information content (AvgIpc) is 2.08. The van der Waals surface area contributed by atoms with Crippen molar-refractivity contribution >= 4 is 23.2 Å². The van der Waals surface area contributed by atoms with Gasteiger partial charge in [0.1, 0.15) is 0 Å². The Morgan fingerprint density at radius 3 is 0.900 bits per heavy atom. The standard InChI is InChI=1S/C6H6.C2H2Cl2/c1-2-4-6-5-3-1;3-1-2-4/h1-6H;1-2H/b;2-1+. The molecule has 0 atom stereocenters. The molecule has 0 N–H and O–H groups in total. The van der Waals surface area contributed by atoms with Crippen molar-refractivity contribution in [1.82, 2.24) is 0 Å². The van der Waals surface area contributed by atoms with Gasteiger partial charge in [0.15, 0.2) is 0 Å². The van der Waals surface area contributed by atoms with Crippen LogP contribution < -0.4 is 0 Å². The maximum atomic E-state index is 4.87. The van der Waals surface area contributed by atoms with Crippen LogP contribution in [0.5, 0.6) is 0 Å². The lowest BCUT2D eigenvalue weighted by molar-refractivity contribution is 1.72. The molecule has 2 heteroatoms. The van der Waals surface area contributed by atoms with Crippen LogP contribution in [0.2, 0.25) is 0 Å². The first-order chi connectivity index (χ1) is 4.91. The molecule has 0 saturated heterocycles. The summed E-state index contributed by atoms with van der Waals surface area (Å²) in [6.07, 6.45) is 0. The summed E-state index contributed by atoms with van der Waals surface area (Å²) in [5.41, 5.74) is 2.48. The number of halogens is 2. The lowest BCUT2D eigenvalue weighted by Crippen LogP contribution is -1.47. The SMILES string of the molecule is Cl/C=C/Cl.c1ccccc1. The van der Waals surface area contributed by atoms with Crippen LogP contribution in [0.25, 0.3) is 0 Å². The van der Waals surface area contributed by atoms with Gasteiger partial charge in [-0.05, 0) is 0 Å². The first kappa shape index (κ1) is 9.54. The third-order valence-electron chi connectivity index (χ3n) is 0.714. The maximum absolute atomic E-state index is 4.87. The van der Waals surface area contributed by atoms with Gasteiger partial charge >= 0.3 is 0 Å². The molecule has 0 saturated carbocycles. The van der Waals surface area contributed by atoms with Gasteiger partial charge in [-0.1, -0.05) is 59.6 Å². The van der Waals surface area contributed by atoms with Gasteiger partial charge in [0.05, 0.1) is 0 Å². The van der Waals surface area contributed by atoms with Gasteiger partial charge in [-0.25, -0.2) is 0 Å². The van der Waals surface area contributed by atoms with Gasteiger partial charge in [0.2, 0.25) is 0 Å². The molecule has 0 heterocycles. The van der Waals surface area contributed by atoms with E-state index >= 15 is 0 Å². The fraction of sp³-hybridized carbons (Fsp3) is 0. The summed E-state index contributed by atoms with van der Waals surface area (Å²) in [6.45, 7) is 0. The molecule has 0 aliphatic heterocycles. The highest BCUT2D eigenvalue weighted by molar-refractivity contribution is 6.33. The molecule has 0 aromatic heterocycles. The van der Waals surface area contributed by atoms with Crippen LogP contribution in [-0.4, -0.2) is 0 Å². The summed E-state index contributed by atoms with van der Waals surface area (Å²) in [6, 6.07) is 12.0. The van der Waals surface area contributed by atoms with Crippen molar-refractivity contribution in [3.05, 3.63) is 47.5 Å². The Bertz CT molecular complexity index is 127. The van der Waals surface area contributed by atoms with E-state index < -0.39 is 0 Å². The van der Waals surface area contributed by atoms with Gasteiger partial charge < -0.3 is 0 Å². The summed E-state index contributed by atoms with van der Waals surface area (Å²) in [5, 5.41) is 0. The first-order valence-corrected chi connectivity index (χ1v) is 3.64. The molecule has 54 valence electrons. The minimum Gasteiger partial charge on any atom is -0.0920 e. The van der Waals surface area contributed by atoms with Crippen molar-refractivity contribution in [2.24, 2.45) is 0 Å². The molecule has 0 fully saturated rings. The Morgan fingerprint density at radius 2 is 0.800 bits per heavy atom. The molecule has 0 bridgehead atoms. The smallest absolute Gasteiger partial charge is 0.0156 e. The van der Waals surface area contributed by atoms with E-state index in [0.717, 1.165) is 0 Å². The fourth-order valence-corrected chi connectivity index (χ4v) is 0.385. The summed E-state index contributed by atoms with van der Waals surface area (Å²) in [4.78, 5) is 0. The van der Waals surface area contributed by atoms with Crippen LogP contribution in [0.4, 0.5) is 0 Å². The average molecular weight is 175 g/mol. The zero-order valence-corrected chi connectivity index (χ0v) is 6.89. The van der Waals surface area contributed by atoms with Gasteiger partial charge in [-0.15, -0.1) is 0 Å². The maximum Gasteiger partial charge on any atom is 0.0156 e. The number of benzene rings is 1. The summed E-state index contributed by atoms with van der Waals surface area (Å²) in [7, 11) is 0. The minimum atomic E-state index is 1.24. The topological polar surface area (TPSA) is 0 Å². The van der Waals surface area contributed by atoms with Crippen LogP contribution in [0.1, 0.15) is 0 Å². The molecular formula is C8H8Cl2. The molecule has 1 aromatic rings. The van der Waals surface area contributed by atoms with Crippen molar-refractivity contribution in [2.75, 3.05) is 0 Å². The number of hydrogen-bond acceptors (Lipinski definition) is 0. The van der Waals surface area contributed by atoms with Crippen molar-refractivity contribution < 1.29 is 0 Å². The molecule has 0 aliphatic carbocycles. The Kier molecular flexibility index (Phi) is 8.15. The van der Waals surface area contributed by atoms with E-state index in [-0.39, 0.29) is 0 Å². The lowest BCUT2D eigenvalue weighted by Gasteiger charge is -1.69. The van der Waals surface area contributed by atoms with Crippen LogP contribution in [0.15, 0.2) is 47.5 Å². The molecule has 1 rings (SSSR count). The molecular weight excluding hydrogens is 167 g/mol. The quantitative estimate of drug-likeness (QED) is 0.564. The second-order valence-electron chi connectivity index (χ2n) is 1.41. The Labute approximate surface area is 71.1 Å². The largest absolute Gasteiger partial charge is 0.0920 e. The van der Waals surface area contributed by atoms with Gasteiger partial charge in [0, 0.05) is 11.1 Å². The van der Waals surface area contributed by atoms with Crippen molar-refractivity contribution in [3.63, 3.8) is 0 Å². The van der Waals surface area contributed by atoms with Crippen molar-refractivity contribution in [1.29, 1.82) is 0 Å². The zero-order chi connectivity index (χ0) is 7.66. The number of hydrogen-bond donors (Lipinski definition) is 0. The van der Waals surface area contributed by atoms with Crippen LogP contribution >= 0.6 is 23.2 Å². The number of rotatable bonds is 0. The van der Waals surface area contributed by atoms with E-state index in [2.05, 4.69) is 0 Å². The predicted octanol–water partition coefficient (Wildman–Crippen LogP) is 3.62. The van der Waals surface area contributed by atoms with E-state index in [4.69, 9.17) is 23.2 Å². The molecule has 1 aromatic carbocycles. The summed E-state index contributed by atoms with van der Waals surface area (Å²) < 4.78 is 0. The fourth-order valence-electron chi connectivity index (χ4n) is 0.385.